The van der Waals surface area contributed by atoms with Crippen molar-refractivity contribution in [2.75, 3.05) is 11.9 Å². The van der Waals surface area contributed by atoms with E-state index in [0.717, 1.165) is 12.3 Å². The topological polar surface area (TPSA) is 98.5 Å². The van der Waals surface area contributed by atoms with Crippen molar-refractivity contribution in [2.45, 2.75) is 32.1 Å². The number of fused-ring (bicyclic) bond motifs is 2. The number of para-hydroxylation sites is 2. The molecule has 7 nitrogen and oxygen atoms in total. The molecule has 2 aliphatic carbocycles. The summed E-state index contributed by atoms with van der Waals surface area (Å²) in [6.07, 6.45) is 5.13. The van der Waals surface area contributed by atoms with Crippen molar-refractivity contribution in [2.24, 2.45) is 17.8 Å². The van der Waals surface area contributed by atoms with Gasteiger partial charge in [0.1, 0.15) is 5.69 Å². The molecule has 7 heteroatoms. The second-order valence-corrected chi connectivity index (χ2v) is 6.62. The van der Waals surface area contributed by atoms with Gasteiger partial charge in [0.2, 0.25) is 0 Å². The fraction of sp³-hybridized carbons (Fsp3) is 0.529. The maximum Gasteiger partial charge on any atom is 0.306 e. The van der Waals surface area contributed by atoms with Crippen LogP contribution in [0.4, 0.5) is 11.4 Å². The molecule has 0 saturated heterocycles. The van der Waals surface area contributed by atoms with E-state index >= 15 is 0 Å². The van der Waals surface area contributed by atoms with Crippen LogP contribution in [0.1, 0.15) is 32.1 Å². The van der Waals surface area contributed by atoms with Crippen LogP contribution >= 0.6 is 0 Å². The van der Waals surface area contributed by atoms with Crippen molar-refractivity contribution < 1.29 is 19.2 Å². The number of nitro benzene ring substituents is 1. The maximum absolute atomic E-state index is 11.9. The van der Waals surface area contributed by atoms with Gasteiger partial charge in [-0.05, 0) is 43.1 Å². The lowest BCUT2D eigenvalue weighted by atomic mass is 9.86. The van der Waals surface area contributed by atoms with Crippen LogP contribution in [0.2, 0.25) is 0 Å². The number of carbonyl (C=O) groups excluding carboxylic acids is 2. The predicted molar refractivity (Wildman–Crippen MR) is 86.2 cm³/mol. The molecule has 2 bridgehead atoms. The van der Waals surface area contributed by atoms with Gasteiger partial charge in [-0.15, -0.1) is 0 Å². The van der Waals surface area contributed by atoms with Gasteiger partial charge in [0.05, 0.1) is 4.92 Å². The zero-order valence-electron chi connectivity index (χ0n) is 13.3. The molecule has 3 rings (SSSR count). The minimum atomic E-state index is -0.578. The van der Waals surface area contributed by atoms with Crippen LogP contribution in [0.3, 0.4) is 0 Å². The number of esters is 1. The lowest BCUT2D eigenvalue weighted by Crippen LogP contribution is -2.23. The first kappa shape index (κ1) is 16.4. The Hall–Kier alpha value is -2.44. The Morgan fingerprint density at radius 3 is 2.71 bits per heavy atom. The highest BCUT2D eigenvalue weighted by atomic mass is 16.6. The van der Waals surface area contributed by atoms with Crippen LogP contribution < -0.4 is 5.32 Å². The smallest absolute Gasteiger partial charge is 0.306 e. The van der Waals surface area contributed by atoms with Crippen molar-refractivity contribution >= 4 is 23.3 Å². The Labute approximate surface area is 139 Å². The first-order valence-corrected chi connectivity index (χ1v) is 8.22. The summed E-state index contributed by atoms with van der Waals surface area (Å²) in [7, 11) is 0. The van der Waals surface area contributed by atoms with Crippen LogP contribution in [0, 0.1) is 27.9 Å². The fourth-order valence-corrected chi connectivity index (χ4v) is 3.97. The van der Waals surface area contributed by atoms with Crippen LogP contribution in [0.25, 0.3) is 0 Å². The van der Waals surface area contributed by atoms with E-state index in [-0.39, 0.29) is 17.3 Å². The van der Waals surface area contributed by atoms with Crippen LogP contribution in [-0.4, -0.2) is 23.4 Å². The lowest BCUT2D eigenvalue weighted by Gasteiger charge is -2.20. The van der Waals surface area contributed by atoms with Gasteiger partial charge in [-0.25, -0.2) is 0 Å². The van der Waals surface area contributed by atoms with Crippen LogP contribution in [0.5, 0.6) is 0 Å². The number of nitrogens with one attached hydrogen (secondary N) is 1. The molecule has 24 heavy (non-hydrogen) atoms. The number of nitrogens with zero attached hydrogens (tertiary/aromatic N) is 1. The highest BCUT2D eigenvalue weighted by Crippen LogP contribution is 2.49. The Balaban J connectivity index is 1.46. The third kappa shape index (κ3) is 3.72. The number of anilines is 1. The van der Waals surface area contributed by atoms with Gasteiger partial charge in [0, 0.05) is 12.5 Å². The molecular formula is C17H20N2O5. The molecule has 2 aliphatic rings. The largest absolute Gasteiger partial charge is 0.456 e. The van der Waals surface area contributed by atoms with Gasteiger partial charge < -0.3 is 10.1 Å². The highest BCUT2D eigenvalue weighted by Gasteiger charge is 2.40. The van der Waals surface area contributed by atoms with E-state index in [2.05, 4.69) is 5.32 Å². The monoisotopic (exact) mass is 332 g/mol. The summed E-state index contributed by atoms with van der Waals surface area (Å²) in [5, 5.41) is 13.3. The van der Waals surface area contributed by atoms with E-state index in [0.29, 0.717) is 18.3 Å². The summed E-state index contributed by atoms with van der Waals surface area (Å²) in [6, 6.07) is 5.84. The lowest BCUT2D eigenvalue weighted by molar-refractivity contribution is -0.383. The molecule has 0 radical (unpaired) electrons. The molecular weight excluding hydrogens is 312 g/mol. The van der Waals surface area contributed by atoms with E-state index in [9.17, 15) is 19.7 Å². The Kier molecular flexibility index (Phi) is 4.78. The van der Waals surface area contributed by atoms with E-state index in [4.69, 9.17) is 4.74 Å². The van der Waals surface area contributed by atoms with E-state index in [1.165, 1.54) is 37.5 Å². The normalized spacial score (nSPS) is 24.6. The highest BCUT2D eigenvalue weighted by molar-refractivity contribution is 5.94. The molecule has 2 fully saturated rings. The number of rotatable bonds is 6. The predicted octanol–water partition coefficient (Wildman–Crippen LogP) is 2.90. The SMILES string of the molecule is O=C(COC(=O)C[C@H]1C[C@H]2CC[C@@H]1C2)Nc1ccccc1[N+](=O)[O-]. The first-order valence-electron chi connectivity index (χ1n) is 8.22. The van der Waals surface area contributed by atoms with E-state index in [1.807, 2.05) is 0 Å². The molecule has 0 spiro atoms. The minimum Gasteiger partial charge on any atom is -0.456 e. The average molecular weight is 332 g/mol. The summed E-state index contributed by atoms with van der Waals surface area (Å²) in [4.78, 5) is 34.1. The molecule has 0 aromatic heterocycles. The zero-order chi connectivity index (χ0) is 17.1. The number of ether oxygens (including phenoxy) is 1. The van der Waals surface area contributed by atoms with Gasteiger partial charge in [-0.1, -0.05) is 18.6 Å². The molecule has 1 aromatic carbocycles. The molecule has 0 heterocycles. The number of hydrogen-bond acceptors (Lipinski definition) is 5. The second kappa shape index (κ2) is 6.98. The summed E-state index contributed by atoms with van der Waals surface area (Å²) >= 11 is 0. The number of carbonyl (C=O) groups is 2. The summed E-state index contributed by atoms with van der Waals surface area (Å²) < 4.78 is 5.03. The average Bonchev–Trinajstić information content (AvgIpc) is 3.16. The van der Waals surface area contributed by atoms with Gasteiger partial charge >= 0.3 is 5.97 Å². The quantitative estimate of drug-likeness (QED) is 0.490. The van der Waals surface area contributed by atoms with Gasteiger partial charge in [-0.2, -0.15) is 0 Å². The Morgan fingerprint density at radius 2 is 2.04 bits per heavy atom. The molecule has 128 valence electrons. The van der Waals surface area contributed by atoms with Crippen LogP contribution in [0.15, 0.2) is 24.3 Å². The number of nitro groups is 1. The molecule has 1 N–H and O–H groups in total. The summed E-state index contributed by atoms with van der Waals surface area (Å²) in [5.74, 6) is 0.823. The van der Waals surface area contributed by atoms with E-state index in [1.54, 1.807) is 6.07 Å². The number of hydrogen-bond donors (Lipinski definition) is 1. The standard InChI is InChI=1S/C17H20N2O5/c20-16(18-14-3-1-2-4-15(14)19(22)23)10-24-17(21)9-13-8-11-5-6-12(13)7-11/h1-4,11-13H,5-10H2,(H,18,20)/t11-,12+,13+/m0/s1. The van der Waals surface area contributed by atoms with Crippen molar-refractivity contribution in [3.63, 3.8) is 0 Å². The minimum absolute atomic E-state index is 0.0941. The zero-order valence-corrected chi connectivity index (χ0v) is 13.3. The van der Waals surface area contributed by atoms with Gasteiger partial charge in [-0.3, -0.25) is 19.7 Å². The van der Waals surface area contributed by atoms with Gasteiger partial charge in [0.15, 0.2) is 6.61 Å². The second-order valence-electron chi connectivity index (χ2n) is 6.62. The summed E-state index contributed by atoms with van der Waals surface area (Å²) in [6.45, 7) is -0.425. The van der Waals surface area contributed by atoms with Crippen molar-refractivity contribution in [1.82, 2.24) is 0 Å². The molecule has 2 saturated carbocycles. The Morgan fingerprint density at radius 1 is 1.25 bits per heavy atom. The number of benzene rings is 1. The summed E-state index contributed by atoms with van der Waals surface area (Å²) in [5.41, 5.74) is -0.101. The maximum atomic E-state index is 11.9. The third-order valence-electron chi connectivity index (χ3n) is 5.05. The first-order chi connectivity index (χ1) is 11.5. The van der Waals surface area contributed by atoms with E-state index < -0.39 is 17.4 Å². The molecule has 0 aliphatic heterocycles. The Bertz CT molecular complexity index is 660. The van der Waals surface area contributed by atoms with Crippen molar-refractivity contribution in [3.8, 4) is 0 Å². The number of amides is 1. The third-order valence-corrected chi connectivity index (χ3v) is 5.05. The van der Waals surface area contributed by atoms with Crippen molar-refractivity contribution in [1.29, 1.82) is 0 Å². The van der Waals surface area contributed by atoms with Crippen molar-refractivity contribution in [3.05, 3.63) is 34.4 Å². The van der Waals surface area contributed by atoms with Crippen LogP contribution in [-0.2, 0) is 14.3 Å². The molecule has 1 amide bonds. The molecule has 1 aromatic rings. The van der Waals surface area contributed by atoms with Gasteiger partial charge in [0.25, 0.3) is 11.6 Å². The molecule has 0 unspecified atom stereocenters. The fourth-order valence-electron chi connectivity index (χ4n) is 3.97. The molecule has 3 atom stereocenters.